The summed E-state index contributed by atoms with van der Waals surface area (Å²) in [5, 5.41) is 5.31. The van der Waals surface area contributed by atoms with Gasteiger partial charge in [-0.2, -0.15) is 0 Å². The lowest BCUT2D eigenvalue weighted by Gasteiger charge is -2.10. The molecule has 0 aromatic heterocycles. The summed E-state index contributed by atoms with van der Waals surface area (Å²) in [4.78, 5) is 23.7. The van der Waals surface area contributed by atoms with Gasteiger partial charge < -0.3 is 16.4 Å². The fourth-order valence-corrected chi connectivity index (χ4v) is 1.73. The van der Waals surface area contributed by atoms with Gasteiger partial charge in [0.25, 0.3) is 5.91 Å². The van der Waals surface area contributed by atoms with E-state index in [1.807, 2.05) is 26.8 Å². The van der Waals surface area contributed by atoms with Gasteiger partial charge in [0.15, 0.2) is 0 Å². The number of carbonyl (C=O) groups is 2. The summed E-state index contributed by atoms with van der Waals surface area (Å²) >= 11 is 0. The van der Waals surface area contributed by atoms with Gasteiger partial charge in [-0.25, -0.2) is 0 Å². The Morgan fingerprint density at radius 2 is 2.05 bits per heavy atom. The van der Waals surface area contributed by atoms with Crippen molar-refractivity contribution in [2.75, 3.05) is 13.1 Å². The first kappa shape index (κ1) is 16.7. The Kier molecular flexibility index (Phi) is 6.44. The molecule has 1 rings (SSSR count). The van der Waals surface area contributed by atoms with Crippen molar-refractivity contribution < 1.29 is 9.59 Å². The average Bonchev–Trinajstić information content (AvgIpc) is 2.42. The predicted molar refractivity (Wildman–Crippen MR) is 82.7 cm³/mol. The lowest BCUT2D eigenvalue weighted by molar-refractivity contribution is -0.120. The number of rotatable bonds is 4. The molecule has 0 bridgehead atoms. The summed E-state index contributed by atoms with van der Waals surface area (Å²) in [6.45, 7) is 5.78. The molecule has 0 heterocycles. The van der Waals surface area contributed by atoms with Crippen LogP contribution in [0.5, 0.6) is 0 Å². The molecule has 0 saturated heterocycles. The second kappa shape index (κ2) is 8.08. The molecule has 0 aliphatic carbocycles. The fraction of sp³-hybridized carbons (Fsp3) is 0.375. The Bertz CT molecular complexity index is 583. The molecular formula is C16H21N3O2. The van der Waals surface area contributed by atoms with Gasteiger partial charge in [-0.1, -0.05) is 23.5 Å². The molecule has 0 aliphatic rings. The molecule has 0 spiro atoms. The van der Waals surface area contributed by atoms with E-state index < -0.39 is 0 Å². The minimum absolute atomic E-state index is 0.0411. The van der Waals surface area contributed by atoms with Crippen LogP contribution in [-0.2, 0) is 4.79 Å². The molecule has 1 aromatic rings. The van der Waals surface area contributed by atoms with Crippen molar-refractivity contribution >= 4 is 11.8 Å². The Morgan fingerprint density at radius 3 is 2.67 bits per heavy atom. The van der Waals surface area contributed by atoms with Crippen molar-refractivity contribution in [1.29, 1.82) is 0 Å². The van der Waals surface area contributed by atoms with Crippen LogP contribution in [0.15, 0.2) is 18.2 Å². The smallest absolute Gasteiger partial charge is 0.252 e. The van der Waals surface area contributed by atoms with Gasteiger partial charge in [0.1, 0.15) is 0 Å². The van der Waals surface area contributed by atoms with Crippen LogP contribution in [0, 0.1) is 18.8 Å². The minimum atomic E-state index is -0.320. The highest BCUT2D eigenvalue weighted by Gasteiger charge is 2.12. The molecule has 0 atom stereocenters. The molecule has 0 unspecified atom stereocenters. The second-order valence-corrected chi connectivity index (χ2v) is 4.96. The highest BCUT2D eigenvalue weighted by molar-refractivity contribution is 5.98. The maximum Gasteiger partial charge on any atom is 0.252 e. The number of aryl methyl sites for hydroxylation is 1. The average molecular weight is 287 g/mol. The zero-order chi connectivity index (χ0) is 15.8. The SMILES string of the molecule is Cc1ccc(C#CCN)c(C(=O)NCC(=O)NC(C)C)c1. The Labute approximate surface area is 125 Å². The molecule has 0 fully saturated rings. The molecular weight excluding hydrogens is 266 g/mol. The maximum atomic E-state index is 12.2. The number of carbonyl (C=O) groups excluding carboxylic acids is 2. The highest BCUT2D eigenvalue weighted by atomic mass is 16.2. The van der Waals surface area contributed by atoms with E-state index in [-0.39, 0.29) is 30.9 Å². The van der Waals surface area contributed by atoms with E-state index >= 15 is 0 Å². The van der Waals surface area contributed by atoms with Crippen molar-refractivity contribution in [2.24, 2.45) is 5.73 Å². The first-order valence-electron chi connectivity index (χ1n) is 6.81. The monoisotopic (exact) mass is 287 g/mol. The third-order valence-corrected chi connectivity index (χ3v) is 2.60. The van der Waals surface area contributed by atoms with Crippen molar-refractivity contribution in [3.63, 3.8) is 0 Å². The van der Waals surface area contributed by atoms with Crippen LogP contribution < -0.4 is 16.4 Å². The molecule has 21 heavy (non-hydrogen) atoms. The van der Waals surface area contributed by atoms with Gasteiger partial charge in [-0.15, -0.1) is 0 Å². The van der Waals surface area contributed by atoms with E-state index in [2.05, 4.69) is 22.5 Å². The largest absolute Gasteiger partial charge is 0.352 e. The first-order chi connectivity index (χ1) is 9.93. The van der Waals surface area contributed by atoms with E-state index in [1.165, 1.54) is 0 Å². The zero-order valence-corrected chi connectivity index (χ0v) is 12.6. The van der Waals surface area contributed by atoms with E-state index in [0.29, 0.717) is 11.1 Å². The molecule has 1 aromatic carbocycles. The molecule has 0 radical (unpaired) electrons. The summed E-state index contributed by atoms with van der Waals surface area (Å²) in [5.74, 6) is 5.05. The number of benzene rings is 1. The van der Waals surface area contributed by atoms with Gasteiger partial charge in [0, 0.05) is 11.6 Å². The number of hydrogen-bond acceptors (Lipinski definition) is 3. The van der Waals surface area contributed by atoms with Crippen molar-refractivity contribution in [1.82, 2.24) is 10.6 Å². The lowest BCUT2D eigenvalue weighted by atomic mass is 10.0. The summed E-state index contributed by atoms with van der Waals surface area (Å²) in [5.41, 5.74) is 7.36. The van der Waals surface area contributed by atoms with Crippen LogP contribution in [0.2, 0.25) is 0 Å². The summed E-state index contributed by atoms with van der Waals surface area (Å²) in [7, 11) is 0. The van der Waals surface area contributed by atoms with Crippen LogP contribution in [-0.4, -0.2) is 30.9 Å². The Hall–Kier alpha value is -2.32. The van der Waals surface area contributed by atoms with Crippen LogP contribution in [0.25, 0.3) is 0 Å². The molecule has 0 aliphatic heterocycles. The molecule has 5 heteroatoms. The fourth-order valence-electron chi connectivity index (χ4n) is 1.73. The highest BCUT2D eigenvalue weighted by Crippen LogP contribution is 2.10. The number of hydrogen-bond donors (Lipinski definition) is 3. The molecule has 5 nitrogen and oxygen atoms in total. The maximum absolute atomic E-state index is 12.2. The van der Waals surface area contributed by atoms with Gasteiger partial charge in [-0.05, 0) is 32.9 Å². The number of amides is 2. The number of nitrogens with two attached hydrogens (primary N) is 1. The topological polar surface area (TPSA) is 84.2 Å². The van der Waals surface area contributed by atoms with Gasteiger partial charge in [0.05, 0.1) is 18.7 Å². The molecule has 4 N–H and O–H groups in total. The van der Waals surface area contributed by atoms with Crippen LogP contribution in [0.3, 0.4) is 0 Å². The Morgan fingerprint density at radius 1 is 1.33 bits per heavy atom. The normalized spacial score (nSPS) is 9.76. The predicted octanol–water partition coefficient (Wildman–Crippen LogP) is 0.560. The zero-order valence-electron chi connectivity index (χ0n) is 12.6. The molecule has 112 valence electrons. The van der Waals surface area contributed by atoms with Gasteiger partial charge in [0.2, 0.25) is 5.91 Å². The van der Waals surface area contributed by atoms with E-state index in [4.69, 9.17) is 5.73 Å². The van der Waals surface area contributed by atoms with Crippen LogP contribution >= 0.6 is 0 Å². The van der Waals surface area contributed by atoms with Crippen molar-refractivity contribution in [3.05, 3.63) is 34.9 Å². The third-order valence-electron chi connectivity index (χ3n) is 2.60. The van der Waals surface area contributed by atoms with Crippen LogP contribution in [0.1, 0.15) is 35.3 Å². The van der Waals surface area contributed by atoms with E-state index in [9.17, 15) is 9.59 Å². The van der Waals surface area contributed by atoms with Crippen molar-refractivity contribution in [2.45, 2.75) is 26.8 Å². The van der Waals surface area contributed by atoms with Crippen molar-refractivity contribution in [3.8, 4) is 11.8 Å². The summed E-state index contributed by atoms with van der Waals surface area (Å²) < 4.78 is 0. The first-order valence-corrected chi connectivity index (χ1v) is 6.81. The molecule has 0 saturated carbocycles. The molecule has 2 amide bonds. The van der Waals surface area contributed by atoms with Crippen LogP contribution in [0.4, 0.5) is 0 Å². The van der Waals surface area contributed by atoms with Gasteiger partial charge in [-0.3, -0.25) is 9.59 Å². The summed E-state index contributed by atoms with van der Waals surface area (Å²) in [6, 6.07) is 5.44. The van der Waals surface area contributed by atoms with E-state index in [1.54, 1.807) is 12.1 Å². The summed E-state index contributed by atoms with van der Waals surface area (Å²) in [6.07, 6.45) is 0. The lowest BCUT2D eigenvalue weighted by Crippen LogP contribution is -2.40. The quantitative estimate of drug-likeness (QED) is 0.707. The minimum Gasteiger partial charge on any atom is -0.352 e. The van der Waals surface area contributed by atoms with E-state index in [0.717, 1.165) is 5.56 Å². The Balaban J connectivity index is 2.81. The third kappa shape index (κ3) is 5.67. The van der Waals surface area contributed by atoms with Gasteiger partial charge >= 0.3 is 0 Å². The number of nitrogens with one attached hydrogen (secondary N) is 2. The standard InChI is InChI=1S/C16H21N3O2/c1-11(2)19-15(20)10-18-16(21)14-9-12(3)6-7-13(14)5-4-8-17/h6-7,9,11H,8,10,17H2,1-3H3,(H,18,21)(H,19,20). The second-order valence-electron chi connectivity index (χ2n) is 4.96.